The highest BCUT2D eigenvalue weighted by Gasteiger charge is 2.28. The van der Waals surface area contributed by atoms with E-state index >= 15 is 0 Å². The Morgan fingerprint density at radius 1 is 0.900 bits per heavy atom. The first-order valence-corrected chi connectivity index (χ1v) is 11.4. The molecular formula is C21H39N5O4. The maximum atomic E-state index is 12.3. The maximum absolute atomic E-state index is 12.3. The first kappa shape index (κ1) is 24.6. The van der Waals surface area contributed by atoms with E-state index in [2.05, 4.69) is 32.3 Å². The largest absolute Gasteiger partial charge is 0.481 e. The number of likely N-dealkylation sites (tertiary alicyclic amines) is 1. The summed E-state index contributed by atoms with van der Waals surface area (Å²) < 4.78 is 0. The standard InChI is InChI=1S/C21H39N5O4/c1-2-24-12-14-25(15-13-24)16-18-6-5-11-26(18)17-20(28)23-9-3-7-19(27)22-10-4-8-21(29)30/h18H,2-17H2,1H3,(H,22,27)(H,23,28)(H,29,30)/i4+1,5+1,6+1,8+1,10+1,11+1,16+1,18+1,21+1,22+1,26+1. The molecule has 30 heavy (non-hydrogen) atoms. The predicted octanol–water partition coefficient (Wildman–Crippen LogP) is -0.0343. The summed E-state index contributed by atoms with van der Waals surface area (Å²) in [6, 6.07) is 0.459. The molecular weight excluding hydrogens is 397 g/mol. The molecule has 2 saturated heterocycles. The Kier molecular flexibility index (Phi) is 11.1. The minimum atomic E-state index is -0.855. The molecule has 2 aliphatic rings. The van der Waals surface area contributed by atoms with Crippen molar-refractivity contribution in [3.8, 4) is 0 Å². The third kappa shape index (κ3) is 9.40. The molecule has 1 unspecified atom stereocenters. The van der Waals surface area contributed by atoms with Crippen LogP contribution >= 0.6 is 0 Å². The van der Waals surface area contributed by atoms with Crippen LogP contribution in [-0.2, 0) is 14.4 Å². The van der Waals surface area contributed by atoms with Crippen molar-refractivity contribution in [2.45, 2.75) is 51.5 Å². The van der Waals surface area contributed by atoms with Crippen LogP contribution in [0.2, 0.25) is 0 Å². The van der Waals surface area contributed by atoms with Crippen LogP contribution in [0.4, 0.5) is 0 Å². The van der Waals surface area contributed by atoms with Gasteiger partial charge in [0.2, 0.25) is 11.8 Å². The number of carboxylic acids is 1. The second-order valence-corrected chi connectivity index (χ2v) is 8.30. The van der Waals surface area contributed by atoms with Crippen molar-refractivity contribution in [2.75, 3.05) is 65.4 Å². The van der Waals surface area contributed by atoms with Gasteiger partial charge in [0.1, 0.15) is 0 Å². The van der Waals surface area contributed by atoms with Crippen molar-refractivity contribution in [2.24, 2.45) is 0 Å². The number of hydrogen-bond acceptors (Lipinski definition) is 6. The molecule has 2 aliphatic heterocycles. The number of rotatable bonds is 13. The fourth-order valence-electron chi connectivity index (χ4n) is 4.17. The third-order valence-corrected chi connectivity index (χ3v) is 6.02. The number of amides is 2. The molecule has 2 amide bonds. The molecule has 0 spiro atoms. The number of carbonyl (C=O) groups is 3. The number of carboxylic acid groups (broad SMARTS) is 1. The highest BCUT2D eigenvalue weighted by Crippen LogP contribution is 2.18. The van der Waals surface area contributed by atoms with E-state index in [-0.39, 0.29) is 18.2 Å². The average Bonchev–Trinajstić information content (AvgIpc) is 3.15. The summed E-state index contributed by atoms with van der Waals surface area (Å²) in [5.41, 5.74) is 0. The lowest BCUT2D eigenvalue weighted by Gasteiger charge is -2.37. The molecule has 0 aromatic rings. The van der Waals surface area contributed by atoms with Crippen LogP contribution in [0.25, 0.3) is 0 Å². The van der Waals surface area contributed by atoms with Gasteiger partial charge in [-0.25, -0.2) is 0 Å². The van der Waals surface area contributed by atoms with E-state index in [9.17, 15) is 14.4 Å². The monoisotopic (exact) mass is 436 g/mol. The number of piperazine rings is 1. The Balaban J connectivity index is 1.55. The lowest BCUT2D eigenvalue weighted by Crippen LogP contribution is -2.51. The van der Waals surface area contributed by atoms with Gasteiger partial charge in [-0.15, -0.1) is 0 Å². The first-order valence-electron chi connectivity index (χ1n) is 11.4. The van der Waals surface area contributed by atoms with Gasteiger partial charge in [0.05, 0.1) is 6.54 Å². The van der Waals surface area contributed by atoms with Crippen LogP contribution in [-0.4, -0.2) is 109 Å². The Morgan fingerprint density at radius 3 is 2.20 bits per heavy atom. The molecule has 0 aromatic heterocycles. The molecule has 172 valence electrons. The second-order valence-electron chi connectivity index (χ2n) is 8.30. The SMILES string of the molecule is CCN1CCN([13CH2][13CH]2[13CH2][13CH2][13CH2][15N]2CC(=O)NCCCC(=O)[15NH][13CH2][13CH2][13CH2][13C](=O)O)CC1. The van der Waals surface area contributed by atoms with Crippen LogP contribution in [0.3, 0.4) is 0 Å². The summed E-state index contributed by atoms with van der Waals surface area (Å²) in [5.74, 6) is -0.928. The zero-order valence-corrected chi connectivity index (χ0v) is 18.4. The number of nitrogens with zero attached hydrogens (tertiary/aromatic N) is 3. The fraction of sp³-hybridized carbons (Fsp3) is 0.857. The molecule has 2 rings (SSSR count). The van der Waals surface area contributed by atoms with Gasteiger partial charge in [0.25, 0.3) is 0 Å². The summed E-state index contributed by atoms with van der Waals surface area (Å²) in [5, 5.41) is 14.2. The van der Waals surface area contributed by atoms with Gasteiger partial charge in [0, 0.05) is 64.7 Å². The van der Waals surface area contributed by atoms with Gasteiger partial charge in [0.15, 0.2) is 0 Å². The van der Waals surface area contributed by atoms with E-state index in [0.29, 0.717) is 44.9 Å². The molecule has 9 nitrogen and oxygen atoms in total. The van der Waals surface area contributed by atoms with Crippen LogP contribution in [0.15, 0.2) is 0 Å². The van der Waals surface area contributed by atoms with Crippen molar-refractivity contribution in [1.29, 1.82) is 0 Å². The Labute approximate surface area is 180 Å². The highest BCUT2D eigenvalue weighted by atomic mass is 16.5. The van der Waals surface area contributed by atoms with E-state index in [1.165, 1.54) is 0 Å². The van der Waals surface area contributed by atoms with Crippen molar-refractivity contribution < 1.29 is 19.5 Å². The zero-order valence-electron chi connectivity index (χ0n) is 18.4. The van der Waals surface area contributed by atoms with E-state index in [4.69, 9.17) is 5.11 Å². The fourth-order valence-corrected chi connectivity index (χ4v) is 4.17. The van der Waals surface area contributed by atoms with Crippen LogP contribution in [0, 0.1) is 0 Å². The molecule has 2 heterocycles. The number of aliphatic carboxylic acids is 1. The number of hydrogen-bond donors (Lipinski definition) is 3. The van der Waals surface area contributed by atoms with Gasteiger partial charge >= 0.3 is 5.97 Å². The molecule has 0 aromatic carbocycles. The smallest absolute Gasteiger partial charge is 0.303 e. The Bertz CT molecular complexity index is 552. The average molecular weight is 436 g/mol. The van der Waals surface area contributed by atoms with Crippen molar-refractivity contribution in [1.82, 2.24) is 25.3 Å². The van der Waals surface area contributed by atoms with E-state index in [1.807, 2.05) is 0 Å². The van der Waals surface area contributed by atoms with Gasteiger partial charge in [-0.05, 0) is 38.8 Å². The molecule has 3 N–H and O–H groups in total. The molecule has 9 heteroatoms. The van der Waals surface area contributed by atoms with Gasteiger partial charge in [-0.3, -0.25) is 24.2 Å². The summed E-state index contributed by atoms with van der Waals surface area (Å²) in [4.78, 5) is 41.7. The number of nitrogens with one attached hydrogen (secondary N) is 2. The lowest BCUT2D eigenvalue weighted by molar-refractivity contribution is -0.137. The number of likely N-dealkylation sites (N-methyl/N-ethyl adjacent to an activating group) is 1. The maximum Gasteiger partial charge on any atom is 0.303 e. The Morgan fingerprint density at radius 2 is 1.53 bits per heavy atom. The summed E-state index contributed by atoms with van der Waals surface area (Å²) in [6.07, 6.45) is 3.72. The first-order chi connectivity index (χ1) is 14.5. The Hall–Kier alpha value is -1.71. The summed E-state index contributed by atoms with van der Waals surface area (Å²) >= 11 is 0. The van der Waals surface area contributed by atoms with Crippen LogP contribution in [0.1, 0.15) is 45.4 Å². The van der Waals surface area contributed by atoms with Crippen molar-refractivity contribution in [3.05, 3.63) is 0 Å². The van der Waals surface area contributed by atoms with Gasteiger partial charge in [-0.2, -0.15) is 0 Å². The molecule has 0 radical (unpaired) electrons. The molecule has 0 aliphatic carbocycles. The predicted molar refractivity (Wildman–Crippen MR) is 115 cm³/mol. The molecule has 2 fully saturated rings. The summed E-state index contributed by atoms with van der Waals surface area (Å²) in [6.45, 7) is 11.1. The van der Waals surface area contributed by atoms with Crippen LogP contribution < -0.4 is 10.6 Å². The topological polar surface area (TPSA) is 105 Å². The van der Waals surface area contributed by atoms with Crippen LogP contribution in [0.5, 0.6) is 0 Å². The molecule has 0 bridgehead atoms. The third-order valence-electron chi connectivity index (χ3n) is 6.02. The zero-order chi connectivity index (χ0) is 21.8. The normalized spacial score (nSPS) is 20.9. The van der Waals surface area contributed by atoms with Crippen molar-refractivity contribution in [3.63, 3.8) is 0 Å². The lowest BCUT2D eigenvalue weighted by atomic mass is 10.3. The van der Waals surface area contributed by atoms with Gasteiger partial charge in [-0.1, -0.05) is 6.92 Å². The van der Waals surface area contributed by atoms with E-state index in [0.717, 1.165) is 58.7 Å². The molecule has 1 atom stereocenters. The van der Waals surface area contributed by atoms with E-state index in [1.54, 1.807) is 0 Å². The summed E-state index contributed by atoms with van der Waals surface area (Å²) in [7, 11) is 0. The van der Waals surface area contributed by atoms with E-state index < -0.39 is 5.97 Å². The van der Waals surface area contributed by atoms with Crippen molar-refractivity contribution >= 4 is 17.8 Å². The number of carbonyl (C=O) groups excluding carboxylic acids is 2. The minimum Gasteiger partial charge on any atom is -0.481 e. The van der Waals surface area contributed by atoms with Gasteiger partial charge < -0.3 is 20.6 Å². The second kappa shape index (κ2) is 13.6. The highest BCUT2D eigenvalue weighted by molar-refractivity contribution is 5.78. The minimum absolute atomic E-state index is 0.0274. The quantitative estimate of drug-likeness (QED) is 0.211. The molecule has 0 saturated carbocycles.